The summed E-state index contributed by atoms with van der Waals surface area (Å²) in [5.41, 5.74) is 2.65. The van der Waals surface area contributed by atoms with E-state index in [1.807, 2.05) is 6.92 Å². The largest absolute Gasteiger partial charge is 0.295 e. The zero-order chi connectivity index (χ0) is 11.9. The van der Waals surface area contributed by atoms with Crippen molar-refractivity contribution in [1.82, 2.24) is 0 Å². The lowest BCUT2D eigenvalue weighted by atomic mass is 9.52. The van der Waals surface area contributed by atoms with Gasteiger partial charge in [-0.1, -0.05) is 32.1 Å². The lowest BCUT2D eigenvalue weighted by Gasteiger charge is -2.52. The molecule has 0 spiro atoms. The van der Waals surface area contributed by atoms with Crippen LogP contribution in [0.3, 0.4) is 0 Å². The molecule has 0 N–H and O–H groups in total. The number of allylic oxidation sites excluding steroid dienone is 3. The number of hydrogen-bond donors (Lipinski definition) is 0. The summed E-state index contributed by atoms with van der Waals surface area (Å²) in [4.78, 5) is 12.0. The van der Waals surface area contributed by atoms with Crippen LogP contribution >= 0.6 is 0 Å². The van der Waals surface area contributed by atoms with Crippen molar-refractivity contribution in [3.8, 4) is 0 Å². The van der Waals surface area contributed by atoms with Crippen molar-refractivity contribution in [3.05, 3.63) is 23.8 Å². The van der Waals surface area contributed by atoms with Gasteiger partial charge >= 0.3 is 0 Å². The molecule has 1 heteroatoms. The van der Waals surface area contributed by atoms with E-state index in [-0.39, 0.29) is 0 Å². The third-order valence-corrected chi connectivity index (χ3v) is 4.52. The quantitative estimate of drug-likeness (QED) is 0.563. The van der Waals surface area contributed by atoms with Crippen LogP contribution in [0.2, 0.25) is 0 Å². The molecule has 0 bridgehead atoms. The van der Waals surface area contributed by atoms with Gasteiger partial charge in [0.2, 0.25) is 0 Å². The zero-order valence-electron chi connectivity index (χ0n) is 10.7. The average Bonchev–Trinajstić information content (AvgIpc) is 2.24. The SMILES string of the molecule is C=C1CCC=C(C)C(=O)CC2C1CC2(C)C. The van der Waals surface area contributed by atoms with Crippen molar-refractivity contribution in [2.24, 2.45) is 17.3 Å². The molecule has 0 aliphatic heterocycles. The second-order valence-electron chi connectivity index (χ2n) is 6.12. The van der Waals surface area contributed by atoms with Crippen molar-refractivity contribution < 1.29 is 4.79 Å². The molecular weight excluding hydrogens is 196 g/mol. The number of Topliss-reactive ketones (excluding diaryl/α,β-unsaturated/α-hetero) is 1. The van der Waals surface area contributed by atoms with Gasteiger partial charge in [0.25, 0.3) is 0 Å². The molecule has 0 saturated heterocycles. The minimum absolute atomic E-state index is 0.327. The summed E-state index contributed by atoms with van der Waals surface area (Å²) in [6.07, 6.45) is 6.06. The van der Waals surface area contributed by atoms with Crippen LogP contribution in [0.1, 0.15) is 46.5 Å². The monoisotopic (exact) mass is 218 g/mol. The Morgan fingerprint density at radius 2 is 2.12 bits per heavy atom. The minimum atomic E-state index is 0.327. The second-order valence-corrected chi connectivity index (χ2v) is 6.12. The number of ketones is 1. The second kappa shape index (κ2) is 3.87. The molecule has 2 unspecified atom stereocenters. The Hall–Kier alpha value is -0.850. The number of carbonyl (C=O) groups is 1. The van der Waals surface area contributed by atoms with Crippen LogP contribution in [0, 0.1) is 17.3 Å². The summed E-state index contributed by atoms with van der Waals surface area (Å²) in [6.45, 7) is 10.7. The van der Waals surface area contributed by atoms with E-state index in [9.17, 15) is 4.79 Å². The number of carbonyl (C=O) groups excluding carboxylic acids is 1. The van der Waals surface area contributed by atoms with E-state index in [1.54, 1.807) is 0 Å². The number of hydrogen-bond acceptors (Lipinski definition) is 1. The van der Waals surface area contributed by atoms with Crippen LogP contribution in [0.15, 0.2) is 23.8 Å². The van der Waals surface area contributed by atoms with Gasteiger partial charge in [0, 0.05) is 6.42 Å². The summed E-state index contributed by atoms with van der Waals surface area (Å²) < 4.78 is 0. The fourth-order valence-electron chi connectivity index (χ4n) is 3.23. The van der Waals surface area contributed by atoms with E-state index in [4.69, 9.17) is 0 Å². The van der Waals surface area contributed by atoms with Crippen molar-refractivity contribution in [3.63, 3.8) is 0 Å². The van der Waals surface area contributed by atoms with Crippen molar-refractivity contribution in [2.75, 3.05) is 0 Å². The Bertz CT molecular complexity index is 360. The molecule has 0 aromatic heterocycles. The van der Waals surface area contributed by atoms with Crippen molar-refractivity contribution in [2.45, 2.75) is 46.5 Å². The molecule has 2 aliphatic carbocycles. The molecule has 2 aliphatic rings. The van der Waals surface area contributed by atoms with Crippen LogP contribution in [0.25, 0.3) is 0 Å². The number of fused-ring (bicyclic) bond motifs is 1. The van der Waals surface area contributed by atoms with Crippen LogP contribution < -0.4 is 0 Å². The van der Waals surface area contributed by atoms with Gasteiger partial charge in [0.05, 0.1) is 0 Å². The van der Waals surface area contributed by atoms with Crippen LogP contribution in [0.4, 0.5) is 0 Å². The summed E-state index contributed by atoms with van der Waals surface area (Å²) in [5.74, 6) is 1.46. The first kappa shape index (κ1) is 11.6. The lowest BCUT2D eigenvalue weighted by Crippen LogP contribution is -2.45. The molecule has 0 amide bonds. The normalized spacial score (nSPS) is 34.1. The van der Waals surface area contributed by atoms with Gasteiger partial charge in [-0.05, 0) is 49.0 Å². The van der Waals surface area contributed by atoms with Crippen LogP contribution in [-0.2, 0) is 4.79 Å². The van der Waals surface area contributed by atoms with Crippen LogP contribution in [0.5, 0.6) is 0 Å². The Labute approximate surface area is 98.6 Å². The maximum atomic E-state index is 12.0. The Morgan fingerprint density at radius 3 is 2.75 bits per heavy atom. The summed E-state index contributed by atoms with van der Waals surface area (Å²) in [6, 6.07) is 0. The molecule has 1 nitrogen and oxygen atoms in total. The minimum Gasteiger partial charge on any atom is -0.295 e. The molecule has 0 aromatic rings. The highest BCUT2D eigenvalue weighted by molar-refractivity contribution is 5.95. The molecule has 2 rings (SSSR count). The van der Waals surface area contributed by atoms with E-state index >= 15 is 0 Å². The highest BCUT2D eigenvalue weighted by Crippen LogP contribution is 2.56. The first-order valence-corrected chi connectivity index (χ1v) is 6.29. The predicted octanol–water partition coefficient (Wildman–Crippen LogP) is 3.90. The van der Waals surface area contributed by atoms with Gasteiger partial charge in [0.15, 0.2) is 5.78 Å². The van der Waals surface area contributed by atoms with Crippen molar-refractivity contribution in [1.29, 1.82) is 0 Å². The van der Waals surface area contributed by atoms with Gasteiger partial charge in [-0.25, -0.2) is 0 Å². The fourth-order valence-corrected chi connectivity index (χ4v) is 3.23. The van der Waals surface area contributed by atoms with Gasteiger partial charge in [0.1, 0.15) is 0 Å². The van der Waals surface area contributed by atoms with Gasteiger partial charge in [-0.2, -0.15) is 0 Å². The maximum absolute atomic E-state index is 12.0. The van der Waals surface area contributed by atoms with E-state index in [0.717, 1.165) is 24.8 Å². The summed E-state index contributed by atoms with van der Waals surface area (Å²) >= 11 is 0. The standard InChI is InChI=1S/C15H22O/c1-10-6-5-7-11(2)14(16)8-13-12(10)9-15(13,3)4/h7,12-13H,1,5-6,8-9H2,2-4H3. The highest BCUT2D eigenvalue weighted by atomic mass is 16.1. The van der Waals surface area contributed by atoms with E-state index in [0.29, 0.717) is 23.0 Å². The molecule has 16 heavy (non-hydrogen) atoms. The first-order valence-electron chi connectivity index (χ1n) is 6.29. The van der Waals surface area contributed by atoms with Gasteiger partial charge in [-0.3, -0.25) is 4.79 Å². The van der Waals surface area contributed by atoms with Gasteiger partial charge < -0.3 is 0 Å². The molecular formula is C15H22O. The third-order valence-electron chi connectivity index (χ3n) is 4.52. The third kappa shape index (κ3) is 1.88. The van der Waals surface area contributed by atoms with Crippen LogP contribution in [-0.4, -0.2) is 5.78 Å². The topological polar surface area (TPSA) is 17.1 Å². The molecule has 0 aromatic carbocycles. The molecule has 0 heterocycles. The fraction of sp³-hybridized carbons (Fsp3) is 0.667. The van der Waals surface area contributed by atoms with E-state index in [1.165, 1.54) is 12.0 Å². The molecule has 0 radical (unpaired) electrons. The smallest absolute Gasteiger partial charge is 0.158 e. The maximum Gasteiger partial charge on any atom is 0.158 e. The lowest BCUT2D eigenvalue weighted by molar-refractivity contribution is -0.120. The average molecular weight is 218 g/mol. The predicted molar refractivity (Wildman–Crippen MR) is 67.1 cm³/mol. The Balaban J connectivity index is 2.22. The molecule has 88 valence electrons. The number of rotatable bonds is 0. The van der Waals surface area contributed by atoms with Crippen molar-refractivity contribution >= 4 is 5.78 Å². The van der Waals surface area contributed by atoms with Gasteiger partial charge in [-0.15, -0.1) is 0 Å². The van der Waals surface area contributed by atoms with E-state index < -0.39 is 0 Å². The van der Waals surface area contributed by atoms with E-state index in [2.05, 4.69) is 26.5 Å². The Morgan fingerprint density at radius 1 is 1.44 bits per heavy atom. The zero-order valence-corrected chi connectivity index (χ0v) is 10.7. The highest BCUT2D eigenvalue weighted by Gasteiger charge is 2.48. The summed E-state index contributed by atoms with van der Waals surface area (Å²) in [5, 5.41) is 0. The molecule has 2 atom stereocenters. The summed E-state index contributed by atoms with van der Waals surface area (Å²) in [7, 11) is 0. The first-order chi connectivity index (χ1) is 7.42. The molecule has 1 saturated carbocycles. The Kier molecular flexibility index (Phi) is 2.81. The molecule has 1 fully saturated rings.